The minimum Gasteiger partial charge on any atom is -0.493 e. The molecule has 1 heterocycles. The van der Waals surface area contributed by atoms with Gasteiger partial charge in [0.25, 0.3) is 5.91 Å². The number of primary amides is 1. The molecule has 6 nitrogen and oxygen atoms in total. The van der Waals surface area contributed by atoms with Crippen LogP contribution in [0.3, 0.4) is 0 Å². The van der Waals surface area contributed by atoms with E-state index in [4.69, 9.17) is 19.9 Å². The van der Waals surface area contributed by atoms with Gasteiger partial charge in [-0.1, -0.05) is 0 Å². The molecule has 1 unspecified atom stereocenters. The van der Waals surface area contributed by atoms with Crippen molar-refractivity contribution in [1.29, 1.82) is 0 Å². The van der Waals surface area contributed by atoms with E-state index in [1.807, 2.05) is 0 Å². The van der Waals surface area contributed by atoms with Gasteiger partial charge in [0.15, 0.2) is 23.4 Å². The van der Waals surface area contributed by atoms with E-state index < -0.39 is 12.0 Å². The Morgan fingerprint density at radius 2 is 1.94 bits per heavy atom. The lowest BCUT2D eigenvalue weighted by atomic mass is 9.95. The number of rotatable bonds is 3. The summed E-state index contributed by atoms with van der Waals surface area (Å²) in [6, 6.07) is 3.08. The van der Waals surface area contributed by atoms with E-state index in [9.17, 15) is 9.59 Å². The van der Waals surface area contributed by atoms with Gasteiger partial charge in [-0.05, 0) is 12.1 Å². The smallest absolute Gasteiger partial charge is 0.251 e. The number of ether oxygens (including phenoxy) is 3. The summed E-state index contributed by atoms with van der Waals surface area (Å²) in [4.78, 5) is 23.0. The summed E-state index contributed by atoms with van der Waals surface area (Å²) in [6.07, 6.45) is -0.933. The van der Waals surface area contributed by atoms with E-state index in [1.165, 1.54) is 20.3 Å². The average molecular weight is 251 g/mol. The third kappa shape index (κ3) is 1.91. The van der Waals surface area contributed by atoms with Crippen molar-refractivity contribution in [2.75, 3.05) is 20.8 Å². The normalized spacial score (nSPS) is 18.1. The lowest BCUT2D eigenvalue weighted by molar-refractivity contribution is -0.129. The van der Waals surface area contributed by atoms with Gasteiger partial charge >= 0.3 is 0 Å². The molecule has 1 aromatic carbocycles. The number of carbonyl (C=O) groups excluding carboxylic acids is 2. The number of fused-ring (bicyclic) bond motifs is 1. The van der Waals surface area contributed by atoms with Crippen molar-refractivity contribution in [3.05, 3.63) is 23.3 Å². The molecule has 96 valence electrons. The van der Waals surface area contributed by atoms with Gasteiger partial charge in [0.1, 0.15) is 6.61 Å². The van der Waals surface area contributed by atoms with E-state index in [0.29, 0.717) is 22.6 Å². The molecule has 1 amide bonds. The highest BCUT2D eigenvalue weighted by atomic mass is 16.5. The molecular formula is C12H13NO5. The van der Waals surface area contributed by atoms with Gasteiger partial charge in [-0.2, -0.15) is 0 Å². The summed E-state index contributed by atoms with van der Waals surface area (Å²) in [6.45, 7) is -0.171. The SMILES string of the molecule is COc1cc2c(cc1OC)C(C(N)=O)OCC2=O. The molecule has 2 N–H and O–H groups in total. The van der Waals surface area contributed by atoms with Crippen LogP contribution in [-0.2, 0) is 9.53 Å². The summed E-state index contributed by atoms with van der Waals surface area (Å²) in [5, 5.41) is 0. The van der Waals surface area contributed by atoms with Crippen molar-refractivity contribution >= 4 is 11.7 Å². The highest BCUT2D eigenvalue weighted by Gasteiger charge is 2.31. The van der Waals surface area contributed by atoms with E-state index >= 15 is 0 Å². The number of hydrogen-bond acceptors (Lipinski definition) is 5. The molecule has 1 atom stereocenters. The van der Waals surface area contributed by atoms with E-state index in [0.717, 1.165) is 0 Å². The largest absolute Gasteiger partial charge is 0.493 e. The number of amides is 1. The standard InChI is InChI=1S/C12H13NO5/c1-16-9-3-6-7(4-10(9)17-2)11(12(13)15)18-5-8(6)14/h3-4,11H,5H2,1-2H3,(H2,13,15). The zero-order valence-electron chi connectivity index (χ0n) is 10.1. The average Bonchev–Trinajstić information content (AvgIpc) is 2.37. The van der Waals surface area contributed by atoms with Crippen LogP contribution in [0.25, 0.3) is 0 Å². The Labute approximate surface area is 104 Å². The summed E-state index contributed by atoms with van der Waals surface area (Å²) < 4.78 is 15.4. The first-order chi connectivity index (χ1) is 8.58. The van der Waals surface area contributed by atoms with Crippen LogP contribution in [-0.4, -0.2) is 32.5 Å². The molecular weight excluding hydrogens is 238 g/mol. The van der Waals surface area contributed by atoms with Gasteiger partial charge in [-0.3, -0.25) is 9.59 Å². The molecule has 0 saturated carbocycles. The lowest BCUT2D eigenvalue weighted by Gasteiger charge is -2.24. The van der Waals surface area contributed by atoms with Gasteiger partial charge in [0.05, 0.1) is 14.2 Å². The Morgan fingerprint density at radius 1 is 1.33 bits per heavy atom. The fourth-order valence-electron chi connectivity index (χ4n) is 1.92. The van der Waals surface area contributed by atoms with Crippen molar-refractivity contribution in [3.63, 3.8) is 0 Å². The molecule has 6 heteroatoms. The number of Topliss-reactive ketones (excluding diaryl/α,β-unsaturated/α-hetero) is 1. The molecule has 0 fully saturated rings. The third-order valence-electron chi connectivity index (χ3n) is 2.78. The Bertz CT molecular complexity index is 511. The number of carbonyl (C=O) groups is 2. The molecule has 1 aromatic rings. The van der Waals surface area contributed by atoms with Crippen LogP contribution < -0.4 is 15.2 Å². The maximum Gasteiger partial charge on any atom is 0.251 e. The molecule has 0 bridgehead atoms. The molecule has 0 spiro atoms. The van der Waals surface area contributed by atoms with Crippen LogP contribution >= 0.6 is 0 Å². The van der Waals surface area contributed by atoms with Crippen molar-refractivity contribution in [1.82, 2.24) is 0 Å². The molecule has 1 aliphatic heterocycles. The van der Waals surface area contributed by atoms with Gasteiger partial charge in [-0.15, -0.1) is 0 Å². The summed E-state index contributed by atoms with van der Waals surface area (Å²) >= 11 is 0. The maximum atomic E-state index is 11.7. The van der Waals surface area contributed by atoms with Crippen LogP contribution in [0.2, 0.25) is 0 Å². The molecule has 0 radical (unpaired) electrons. The highest BCUT2D eigenvalue weighted by molar-refractivity contribution is 6.02. The lowest BCUT2D eigenvalue weighted by Crippen LogP contribution is -2.31. The van der Waals surface area contributed by atoms with Crippen molar-refractivity contribution in [2.45, 2.75) is 6.10 Å². The number of nitrogens with two attached hydrogens (primary N) is 1. The monoisotopic (exact) mass is 251 g/mol. The topological polar surface area (TPSA) is 87.8 Å². The summed E-state index contributed by atoms with van der Waals surface area (Å²) in [5.74, 6) is -0.0186. The quantitative estimate of drug-likeness (QED) is 0.842. The predicted octanol–water partition coefficient (Wildman–Crippen LogP) is 0.443. The second-order valence-corrected chi connectivity index (χ2v) is 3.81. The van der Waals surface area contributed by atoms with Gasteiger partial charge in [0.2, 0.25) is 0 Å². The molecule has 18 heavy (non-hydrogen) atoms. The zero-order valence-corrected chi connectivity index (χ0v) is 10.1. The molecule has 1 aliphatic rings. The number of ketones is 1. The van der Waals surface area contributed by atoms with Crippen molar-refractivity contribution in [2.24, 2.45) is 5.73 Å². The van der Waals surface area contributed by atoms with Crippen molar-refractivity contribution in [3.8, 4) is 11.5 Å². The fraction of sp³-hybridized carbons (Fsp3) is 0.333. The number of hydrogen-bond donors (Lipinski definition) is 1. The maximum absolute atomic E-state index is 11.7. The van der Waals surface area contributed by atoms with Crippen LogP contribution in [0.15, 0.2) is 12.1 Å². The Kier molecular flexibility index (Phi) is 3.20. The van der Waals surface area contributed by atoms with Crippen LogP contribution in [0.5, 0.6) is 11.5 Å². The third-order valence-corrected chi connectivity index (χ3v) is 2.78. The minimum absolute atomic E-state index is 0.171. The fourth-order valence-corrected chi connectivity index (χ4v) is 1.92. The molecule has 0 aromatic heterocycles. The second-order valence-electron chi connectivity index (χ2n) is 3.81. The van der Waals surface area contributed by atoms with E-state index in [2.05, 4.69) is 0 Å². The Morgan fingerprint density at radius 3 is 2.50 bits per heavy atom. The van der Waals surface area contributed by atoms with Gasteiger partial charge < -0.3 is 19.9 Å². The van der Waals surface area contributed by atoms with Crippen LogP contribution in [0.4, 0.5) is 0 Å². The first-order valence-electron chi connectivity index (χ1n) is 5.28. The Hall–Kier alpha value is -2.08. The predicted molar refractivity (Wildman–Crippen MR) is 61.8 cm³/mol. The first-order valence-corrected chi connectivity index (χ1v) is 5.28. The molecule has 0 aliphatic carbocycles. The summed E-state index contributed by atoms with van der Waals surface area (Å²) in [5.41, 5.74) is 6.03. The van der Waals surface area contributed by atoms with Crippen LogP contribution in [0.1, 0.15) is 22.0 Å². The number of benzene rings is 1. The first kappa shape index (κ1) is 12.4. The second kappa shape index (κ2) is 4.66. The summed E-state index contributed by atoms with van der Waals surface area (Å²) in [7, 11) is 2.94. The van der Waals surface area contributed by atoms with Crippen molar-refractivity contribution < 1.29 is 23.8 Å². The Balaban J connectivity index is 2.60. The zero-order chi connectivity index (χ0) is 13.3. The molecule has 0 saturated heterocycles. The minimum atomic E-state index is -0.933. The number of methoxy groups -OCH3 is 2. The molecule has 2 rings (SSSR count). The van der Waals surface area contributed by atoms with Crippen LogP contribution in [0, 0.1) is 0 Å². The highest BCUT2D eigenvalue weighted by Crippen LogP contribution is 2.36. The van der Waals surface area contributed by atoms with E-state index in [1.54, 1.807) is 6.07 Å². The van der Waals surface area contributed by atoms with Gasteiger partial charge in [0, 0.05) is 11.1 Å². The van der Waals surface area contributed by atoms with E-state index in [-0.39, 0.29) is 12.4 Å². The van der Waals surface area contributed by atoms with Gasteiger partial charge in [-0.25, -0.2) is 0 Å².